The van der Waals surface area contributed by atoms with Crippen LogP contribution in [0.5, 0.6) is 0 Å². The number of anilines is 2. The van der Waals surface area contributed by atoms with Gasteiger partial charge in [-0.05, 0) is 76.7 Å². The zero-order valence-corrected chi connectivity index (χ0v) is 17.2. The highest BCUT2D eigenvalue weighted by Crippen LogP contribution is 2.32. The van der Waals surface area contributed by atoms with Gasteiger partial charge < -0.3 is 5.32 Å². The molecule has 3 aromatic rings. The minimum absolute atomic E-state index is 0.0349. The number of amides is 1. The summed E-state index contributed by atoms with van der Waals surface area (Å²) in [7, 11) is 0. The van der Waals surface area contributed by atoms with Crippen molar-refractivity contribution in [2.75, 3.05) is 10.2 Å². The number of nitrogens with zero attached hydrogens (tertiary/aromatic N) is 1. The molecule has 1 amide bonds. The van der Waals surface area contributed by atoms with E-state index in [1.807, 2.05) is 72.8 Å². The lowest BCUT2D eigenvalue weighted by molar-refractivity contribution is 0.0980. The van der Waals surface area contributed by atoms with Crippen molar-refractivity contribution < 1.29 is 4.79 Å². The molecule has 0 saturated carbocycles. The maximum atomic E-state index is 13.3. The number of halogens is 2. The van der Waals surface area contributed by atoms with Crippen LogP contribution in [-0.4, -0.2) is 12.1 Å². The van der Waals surface area contributed by atoms with E-state index in [-0.39, 0.29) is 12.1 Å². The third-order valence-corrected chi connectivity index (χ3v) is 5.31. The van der Waals surface area contributed by atoms with Crippen LogP contribution < -0.4 is 10.2 Å². The number of nitrogens with one attached hydrogen (secondary N) is 1. The van der Waals surface area contributed by atoms with Gasteiger partial charge in [0.05, 0.1) is 5.56 Å². The van der Waals surface area contributed by atoms with E-state index in [9.17, 15) is 4.79 Å². The number of carbonyl (C=O) groups is 1. The molecular formula is C22H16ClIN2O. The second-order valence-corrected chi connectivity index (χ2v) is 7.88. The highest BCUT2D eigenvalue weighted by Gasteiger charge is 2.31. The Morgan fingerprint density at radius 1 is 1.00 bits per heavy atom. The molecule has 0 aromatic heterocycles. The maximum Gasteiger partial charge on any atom is 0.262 e. The summed E-state index contributed by atoms with van der Waals surface area (Å²) in [6.07, 6.45) is 3.72. The molecule has 0 radical (unpaired) electrons. The monoisotopic (exact) mass is 486 g/mol. The molecule has 0 aliphatic carbocycles. The smallest absolute Gasteiger partial charge is 0.262 e. The normalized spacial score (nSPS) is 16.3. The molecular weight excluding hydrogens is 471 g/mol. The topological polar surface area (TPSA) is 32.3 Å². The molecule has 27 heavy (non-hydrogen) atoms. The number of benzene rings is 3. The van der Waals surface area contributed by atoms with Crippen LogP contribution in [0.15, 0.2) is 78.9 Å². The SMILES string of the molecule is O=C1c2cc(I)ccc2NC(/C=C/c2ccccc2)N1c1ccc(Cl)cc1. The Labute approximate surface area is 176 Å². The van der Waals surface area contributed by atoms with Crippen LogP contribution in [0.4, 0.5) is 11.4 Å². The van der Waals surface area contributed by atoms with Crippen LogP contribution >= 0.6 is 34.2 Å². The lowest BCUT2D eigenvalue weighted by Crippen LogP contribution is -2.48. The second-order valence-electron chi connectivity index (χ2n) is 6.20. The lowest BCUT2D eigenvalue weighted by Gasteiger charge is -2.36. The van der Waals surface area contributed by atoms with E-state index in [1.54, 1.807) is 17.0 Å². The minimum Gasteiger partial charge on any atom is -0.361 e. The second kappa shape index (κ2) is 7.74. The van der Waals surface area contributed by atoms with E-state index < -0.39 is 0 Å². The van der Waals surface area contributed by atoms with Crippen LogP contribution in [0.1, 0.15) is 15.9 Å². The molecule has 1 unspecified atom stereocenters. The molecule has 1 N–H and O–H groups in total. The van der Waals surface area contributed by atoms with Crippen molar-refractivity contribution in [2.24, 2.45) is 0 Å². The predicted molar refractivity (Wildman–Crippen MR) is 120 cm³/mol. The van der Waals surface area contributed by atoms with Crippen molar-refractivity contribution >= 4 is 57.5 Å². The highest BCUT2D eigenvalue weighted by molar-refractivity contribution is 14.1. The third kappa shape index (κ3) is 3.87. The molecule has 134 valence electrons. The molecule has 3 aromatic carbocycles. The molecule has 0 bridgehead atoms. The summed E-state index contributed by atoms with van der Waals surface area (Å²) in [6, 6.07) is 23.2. The number of rotatable bonds is 3. The van der Waals surface area contributed by atoms with Gasteiger partial charge in [-0.15, -0.1) is 0 Å². The quantitative estimate of drug-likeness (QED) is 0.457. The van der Waals surface area contributed by atoms with Gasteiger partial charge in [0.2, 0.25) is 0 Å². The van der Waals surface area contributed by atoms with Crippen molar-refractivity contribution in [1.29, 1.82) is 0 Å². The fourth-order valence-corrected chi connectivity index (χ4v) is 3.70. The van der Waals surface area contributed by atoms with Crippen molar-refractivity contribution in [2.45, 2.75) is 6.17 Å². The van der Waals surface area contributed by atoms with E-state index in [1.165, 1.54) is 0 Å². The van der Waals surface area contributed by atoms with E-state index in [0.717, 1.165) is 20.5 Å². The summed E-state index contributed by atoms with van der Waals surface area (Å²) in [4.78, 5) is 15.0. The highest BCUT2D eigenvalue weighted by atomic mass is 127. The Balaban J connectivity index is 1.76. The van der Waals surface area contributed by atoms with Crippen molar-refractivity contribution in [1.82, 2.24) is 0 Å². The van der Waals surface area contributed by atoms with Crippen molar-refractivity contribution in [3.8, 4) is 0 Å². The van der Waals surface area contributed by atoms with Crippen LogP contribution in [-0.2, 0) is 0 Å². The van der Waals surface area contributed by atoms with Gasteiger partial charge in [-0.1, -0.05) is 48.0 Å². The Morgan fingerprint density at radius 3 is 2.48 bits per heavy atom. The minimum atomic E-state index is -0.300. The van der Waals surface area contributed by atoms with Gasteiger partial charge in [-0.25, -0.2) is 0 Å². The molecule has 1 atom stereocenters. The van der Waals surface area contributed by atoms with Crippen LogP contribution in [0.25, 0.3) is 6.08 Å². The third-order valence-electron chi connectivity index (χ3n) is 4.39. The Kier molecular flexibility index (Phi) is 5.18. The average molecular weight is 487 g/mol. The molecule has 3 nitrogen and oxygen atoms in total. The molecule has 0 spiro atoms. The van der Waals surface area contributed by atoms with Crippen LogP contribution in [0.2, 0.25) is 5.02 Å². The van der Waals surface area contributed by atoms with Gasteiger partial charge in [0.1, 0.15) is 6.17 Å². The predicted octanol–water partition coefficient (Wildman–Crippen LogP) is 6.06. The number of carbonyl (C=O) groups excluding carboxylic acids is 1. The van der Waals surface area contributed by atoms with Gasteiger partial charge in [0.15, 0.2) is 0 Å². The zero-order valence-electron chi connectivity index (χ0n) is 14.3. The van der Waals surface area contributed by atoms with Gasteiger partial charge in [-0.3, -0.25) is 9.69 Å². The maximum absolute atomic E-state index is 13.3. The number of hydrogen-bond acceptors (Lipinski definition) is 2. The van der Waals surface area contributed by atoms with Gasteiger partial charge in [0, 0.05) is 20.0 Å². The Hall–Kier alpha value is -2.31. The molecule has 0 saturated heterocycles. The van der Waals surface area contributed by atoms with Gasteiger partial charge in [-0.2, -0.15) is 0 Å². The number of fused-ring (bicyclic) bond motifs is 1. The Bertz CT molecular complexity index is 1000. The molecule has 1 aliphatic heterocycles. The zero-order chi connectivity index (χ0) is 18.8. The summed E-state index contributed by atoms with van der Waals surface area (Å²) in [5.74, 6) is -0.0349. The molecule has 0 fully saturated rings. The average Bonchev–Trinajstić information content (AvgIpc) is 2.69. The molecule has 5 heteroatoms. The fourth-order valence-electron chi connectivity index (χ4n) is 3.08. The van der Waals surface area contributed by atoms with Crippen molar-refractivity contribution in [3.05, 3.63) is 98.6 Å². The first-order valence-corrected chi connectivity index (χ1v) is 9.96. The first-order valence-electron chi connectivity index (χ1n) is 8.50. The molecule has 1 heterocycles. The summed E-state index contributed by atoms with van der Waals surface area (Å²) < 4.78 is 1.02. The van der Waals surface area contributed by atoms with Crippen molar-refractivity contribution in [3.63, 3.8) is 0 Å². The van der Waals surface area contributed by atoms with Gasteiger partial charge in [0.25, 0.3) is 5.91 Å². The first-order chi connectivity index (χ1) is 13.1. The lowest BCUT2D eigenvalue weighted by atomic mass is 10.1. The van der Waals surface area contributed by atoms with Crippen LogP contribution in [0, 0.1) is 3.57 Å². The molecule has 1 aliphatic rings. The standard InChI is InChI=1S/C22H16ClIN2O/c23-16-7-10-18(11-8-16)26-21(13-6-15-4-2-1-3-5-15)25-20-12-9-17(24)14-19(20)22(26)27/h1-14,21,25H/b13-6+. The number of hydrogen-bond donors (Lipinski definition) is 1. The van der Waals surface area contributed by atoms with E-state index in [4.69, 9.17) is 11.6 Å². The molecule has 4 rings (SSSR count). The largest absolute Gasteiger partial charge is 0.361 e. The summed E-state index contributed by atoms with van der Waals surface area (Å²) in [5.41, 5.74) is 3.38. The van der Waals surface area contributed by atoms with E-state index in [0.29, 0.717) is 10.6 Å². The Morgan fingerprint density at radius 2 is 1.74 bits per heavy atom. The van der Waals surface area contributed by atoms with Crippen LogP contribution in [0.3, 0.4) is 0 Å². The van der Waals surface area contributed by atoms with E-state index in [2.05, 4.69) is 27.9 Å². The van der Waals surface area contributed by atoms with Gasteiger partial charge >= 0.3 is 0 Å². The summed E-state index contributed by atoms with van der Waals surface area (Å²) >= 11 is 8.25. The fraction of sp³-hybridized carbons (Fsp3) is 0.0455. The first kappa shape index (κ1) is 18.1. The summed E-state index contributed by atoms with van der Waals surface area (Å²) in [6.45, 7) is 0. The van der Waals surface area contributed by atoms with E-state index >= 15 is 0 Å². The summed E-state index contributed by atoms with van der Waals surface area (Å²) in [5, 5.41) is 4.11.